The molecule has 0 atom stereocenters. The van der Waals surface area contributed by atoms with Crippen LogP contribution in [0.25, 0.3) is 11.0 Å². The maximum Gasteiger partial charge on any atom is 0.252 e. The molecule has 0 fully saturated rings. The summed E-state index contributed by atoms with van der Waals surface area (Å²) in [7, 11) is 0. The molecule has 5 nitrogen and oxygen atoms in total. The van der Waals surface area contributed by atoms with E-state index in [1.54, 1.807) is 22.9 Å². The molecule has 6 heteroatoms. The van der Waals surface area contributed by atoms with Crippen molar-refractivity contribution in [3.8, 4) is 0 Å². The van der Waals surface area contributed by atoms with E-state index in [0.717, 1.165) is 16.6 Å². The molecule has 0 saturated carbocycles. The Morgan fingerprint density at radius 2 is 2.00 bits per heavy atom. The number of benzene rings is 1. The predicted octanol–water partition coefficient (Wildman–Crippen LogP) is 4.08. The number of nitrogens with one attached hydrogen (secondary N) is 1. The first-order valence-corrected chi connectivity index (χ1v) is 7.75. The van der Waals surface area contributed by atoms with Crippen molar-refractivity contribution in [3.63, 3.8) is 0 Å². The van der Waals surface area contributed by atoms with Crippen LogP contribution in [0.4, 0.5) is 11.6 Å². The molecule has 1 N–H and O–H groups in total. The Balaban J connectivity index is 2.07. The van der Waals surface area contributed by atoms with Gasteiger partial charge in [0.1, 0.15) is 5.65 Å². The van der Waals surface area contributed by atoms with Crippen molar-refractivity contribution in [1.82, 2.24) is 14.5 Å². The van der Waals surface area contributed by atoms with Gasteiger partial charge in [-0.1, -0.05) is 11.6 Å². The van der Waals surface area contributed by atoms with Crippen LogP contribution in [-0.4, -0.2) is 14.5 Å². The maximum atomic E-state index is 12.1. The Bertz CT molecular complexity index is 934. The molecule has 118 valence electrons. The number of aryl methyl sites for hydroxylation is 1. The molecule has 0 radical (unpaired) electrons. The normalized spacial score (nSPS) is 11.2. The standard InChI is InChI=1S/C17H17ClN4O/c1-10(2)22-15(23)7-4-12-9-19-17(21-16(12)22)20-13-5-6-14(18)11(3)8-13/h4-10H,1-3H3,(H,19,20,21). The van der Waals surface area contributed by atoms with Gasteiger partial charge in [0, 0.05) is 34.4 Å². The van der Waals surface area contributed by atoms with Crippen LogP contribution in [0.15, 0.2) is 41.3 Å². The number of hydrogen-bond donors (Lipinski definition) is 1. The number of pyridine rings is 1. The number of rotatable bonds is 3. The van der Waals surface area contributed by atoms with Crippen molar-refractivity contribution >= 4 is 34.3 Å². The van der Waals surface area contributed by atoms with Crippen molar-refractivity contribution < 1.29 is 0 Å². The molecule has 3 rings (SSSR count). The average molecular weight is 329 g/mol. The second-order valence-corrected chi connectivity index (χ2v) is 6.10. The van der Waals surface area contributed by atoms with E-state index >= 15 is 0 Å². The highest BCUT2D eigenvalue weighted by Crippen LogP contribution is 2.22. The minimum absolute atomic E-state index is 0.0201. The summed E-state index contributed by atoms with van der Waals surface area (Å²) in [5.41, 5.74) is 2.37. The Hall–Kier alpha value is -2.40. The minimum Gasteiger partial charge on any atom is -0.324 e. The van der Waals surface area contributed by atoms with Gasteiger partial charge in [-0.3, -0.25) is 9.36 Å². The number of hydrogen-bond acceptors (Lipinski definition) is 4. The zero-order chi connectivity index (χ0) is 16.6. The summed E-state index contributed by atoms with van der Waals surface area (Å²) in [6, 6.07) is 8.92. The van der Waals surface area contributed by atoms with E-state index in [1.165, 1.54) is 0 Å². The molecule has 1 aromatic carbocycles. The van der Waals surface area contributed by atoms with Crippen LogP contribution >= 0.6 is 11.6 Å². The van der Waals surface area contributed by atoms with Crippen LogP contribution in [0.1, 0.15) is 25.5 Å². The molecule has 23 heavy (non-hydrogen) atoms. The van der Waals surface area contributed by atoms with E-state index in [1.807, 2.05) is 39.0 Å². The largest absolute Gasteiger partial charge is 0.324 e. The number of nitrogens with zero attached hydrogens (tertiary/aromatic N) is 3. The molecule has 0 saturated heterocycles. The highest BCUT2D eigenvalue weighted by molar-refractivity contribution is 6.31. The Morgan fingerprint density at radius 1 is 1.22 bits per heavy atom. The molecular weight excluding hydrogens is 312 g/mol. The van der Waals surface area contributed by atoms with Crippen LogP contribution in [-0.2, 0) is 0 Å². The number of anilines is 2. The summed E-state index contributed by atoms with van der Waals surface area (Å²) in [4.78, 5) is 20.9. The van der Waals surface area contributed by atoms with Gasteiger partial charge in [-0.2, -0.15) is 4.98 Å². The monoisotopic (exact) mass is 328 g/mol. The molecule has 0 bridgehead atoms. The molecule has 0 unspecified atom stereocenters. The van der Waals surface area contributed by atoms with Gasteiger partial charge in [0.2, 0.25) is 5.95 Å². The molecule has 0 aliphatic carbocycles. The summed E-state index contributed by atoms with van der Waals surface area (Å²) < 4.78 is 1.66. The molecular formula is C17H17ClN4O. The van der Waals surface area contributed by atoms with E-state index in [2.05, 4.69) is 15.3 Å². The van der Waals surface area contributed by atoms with Crippen molar-refractivity contribution in [2.75, 3.05) is 5.32 Å². The average Bonchev–Trinajstić information content (AvgIpc) is 2.50. The van der Waals surface area contributed by atoms with Crippen LogP contribution in [0.3, 0.4) is 0 Å². The Labute approximate surface area is 139 Å². The minimum atomic E-state index is -0.0699. The fourth-order valence-corrected chi connectivity index (χ4v) is 2.57. The summed E-state index contributed by atoms with van der Waals surface area (Å²) in [6.45, 7) is 5.85. The summed E-state index contributed by atoms with van der Waals surface area (Å²) in [5.74, 6) is 0.444. The number of fused-ring (bicyclic) bond motifs is 1. The van der Waals surface area contributed by atoms with Crippen LogP contribution in [0.5, 0.6) is 0 Å². The third-order valence-corrected chi connectivity index (χ3v) is 4.02. The van der Waals surface area contributed by atoms with Gasteiger partial charge in [0.15, 0.2) is 0 Å². The Kier molecular flexibility index (Phi) is 4.05. The molecule has 0 aliphatic heterocycles. The Morgan fingerprint density at radius 3 is 2.70 bits per heavy atom. The van der Waals surface area contributed by atoms with Gasteiger partial charge in [-0.15, -0.1) is 0 Å². The number of aromatic nitrogens is 3. The predicted molar refractivity (Wildman–Crippen MR) is 93.7 cm³/mol. The van der Waals surface area contributed by atoms with Gasteiger partial charge in [0.05, 0.1) is 0 Å². The highest BCUT2D eigenvalue weighted by atomic mass is 35.5. The lowest BCUT2D eigenvalue weighted by Crippen LogP contribution is -2.22. The molecule has 3 aromatic rings. The molecule has 2 heterocycles. The van der Waals surface area contributed by atoms with E-state index < -0.39 is 0 Å². The molecule has 0 amide bonds. The maximum absolute atomic E-state index is 12.1. The van der Waals surface area contributed by atoms with Crippen LogP contribution < -0.4 is 10.9 Å². The van der Waals surface area contributed by atoms with E-state index in [-0.39, 0.29) is 11.6 Å². The van der Waals surface area contributed by atoms with Crippen molar-refractivity contribution in [2.24, 2.45) is 0 Å². The zero-order valence-corrected chi connectivity index (χ0v) is 13.9. The fraction of sp³-hybridized carbons (Fsp3) is 0.235. The molecule has 0 aliphatic rings. The topological polar surface area (TPSA) is 59.8 Å². The summed E-state index contributed by atoms with van der Waals surface area (Å²) in [6.07, 6.45) is 1.71. The van der Waals surface area contributed by atoms with E-state index in [0.29, 0.717) is 16.6 Å². The first-order valence-electron chi connectivity index (χ1n) is 7.37. The van der Waals surface area contributed by atoms with Crippen molar-refractivity contribution in [2.45, 2.75) is 26.8 Å². The smallest absolute Gasteiger partial charge is 0.252 e. The molecule has 0 spiro atoms. The fourth-order valence-electron chi connectivity index (χ4n) is 2.45. The molecule has 2 aromatic heterocycles. The second kappa shape index (κ2) is 6.01. The van der Waals surface area contributed by atoms with Gasteiger partial charge in [0.25, 0.3) is 5.56 Å². The lowest BCUT2D eigenvalue weighted by atomic mass is 10.2. The summed E-state index contributed by atoms with van der Waals surface area (Å²) in [5, 5.41) is 4.69. The second-order valence-electron chi connectivity index (χ2n) is 5.70. The van der Waals surface area contributed by atoms with Gasteiger partial charge < -0.3 is 5.32 Å². The van der Waals surface area contributed by atoms with Crippen molar-refractivity contribution in [1.29, 1.82) is 0 Å². The van der Waals surface area contributed by atoms with Gasteiger partial charge in [-0.05, 0) is 50.6 Å². The summed E-state index contributed by atoms with van der Waals surface area (Å²) >= 11 is 6.04. The third-order valence-electron chi connectivity index (χ3n) is 3.60. The SMILES string of the molecule is Cc1cc(Nc2ncc3ccc(=O)n(C(C)C)c3n2)ccc1Cl. The van der Waals surface area contributed by atoms with Gasteiger partial charge >= 0.3 is 0 Å². The van der Waals surface area contributed by atoms with Crippen molar-refractivity contribution in [3.05, 3.63) is 57.5 Å². The van der Waals surface area contributed by atoms with Crippen LogP contribution in [0.2, 0.25) is 5.02 Å². The zero-order valence-electron chi connectivity index (χ0n) is 13.2. The first kappa shape index (κ1) is 15.5. The third kappa shape index (κ3) is 3.05. The lowest BCUT2D eigenvalue weighted by molar-refractivity contribution is 0.595. The van der Waals surface area contributed by atoms with Gasteiger partial charge in [-0.25, -0.2) is 4.98 Å². The van der Waals surface area contributed by atoms with Crippen LogP contribution in [0, 0.1) is 6.92 Å². The first-order chi connectivity index (χ1) is 11.0. The van der Waals surface area contributed by atoms with E-state index in [4.69, 9.17) is 11.6 Å². The highest BCUT2D eigenvalue weighted by Gasteiger charge is 2.09. The lowest BCUT2D eigenvalue weighted by Gasteiger charge is -2.13. The quantitative estimate of drug-likeness (QED) is 0.787. The van der Waals surface area contributed by atoms with E-state index in [9.17, 15) is 4.79 Å². The number of halogens is 1.